The summed E-state index contributed by atoms with van der Waals surface area (Å²) in [6.45, 7) is 1.25. The van der Waals surface area contributed by atoms with E-state index in [9.17, 15) is 13.6 Å². The zero-order valence-electron chi connectivity index (χ0n) is 8.23. The number of Topliss-reactive ketones (excluding diaryl/α,β-unsaturated/α-hetero) is 1. The molecule has 1 aromatic rings. The van der Waals surface area contributed by atoms with Crippen molar-refractivity contribution in [3.8, 4) is 5.75 Å². The zero-order chi connectivity index (χ0) is 11.6. The molecular formula is C10H9ClF2O2. The van der Waals surface area contributed by atoms with Gasteiger partial charge in [-0.25, -0.2) is 8.78 Å². The molecule has 0 N–H and O–H groups in total. The van der Waals surface area contributed by atoms with Gasteiger partial charge in [0.15, 0.2) is 5.82 Å². The first-order valence-corrected chi connectivity index (χ1v) is 4.55. The van der Waals surface area contributed by atoms with Crippen molar-refractivity contribution in [2.24, 2.45) is 0 Å². The molecule has 0 radical (unpaired) electrons. The number of halogens is 3. The number of methoxy groups -OCH3 is 1. The van der Waals surface area contributed by atoms with E-state index in [0.717, 1.165) is 6.07 Å². The average Bonchev–Trinajstić information content (AvgIpc) is 2.18. The van der Waals surface area contributed by atoms with E-state index in [-0.39, 0.29) is 28.5 Å². The summed E-state index contributed by atoms with van der Waals surface area (Å²) in [6, 6.07) is 0.962. The summed E-state index contributed by atoms with van der Waals surface area (Å²) in [4.78, 5) is 10.8. The molecule has 2 nitrogen and oxygen atoms in total. The summed E-state index contributed by atoms with van der Waals surface area (Å²) in [5.41, 5.74) is -0.326. The van der Waals surface area contributed by atoms with Crippen LogP contribution in [0.4, 0.5) is 8.78 Å². The lowest BCUT2D eigenvalue weighted by molar-refractivity contribution is -0.116. The number of rotatable bonds is 3. The third-order valence-electron chi connectivity index (χ3n) is 1.87. The van der Waals surface area contributed by atoms with Gasteiger partial charge in [0, 0.05) is 18.1 Å². The van der Waals surface area contributed by atoms with E-state index in [1.165, 1.54) is 14.0 Å². The quantitative estimate of drug-likeness (QED) is 0.752. The van der Waals surface area contributed by atoms with Gasteiger partial charge < -0.3 is 4.74 Å². The van der Waals surface area contributed by atoms with Crippen LogP contribution in [0.3, 0.4) is 0 Å². The minimum Gasteiger partial charge on any atom is -0.495 e. The van der Waals surface area contributed by atoms with Gasteiger partial charge >= 0.3 is 0 Å². The molecule has 1 aromatic carbocycles. The molecule has 0 fully saturated rings. The van der Waals surface area contributed by atoms with Crippen LogP contribution >= 0.6 is 11.6 Å². The minimum atomic E-state index is -0.941. The van der Waals surface area contributed by atoms with Crippen LogP contribution < -0.4 is 4.74 Å². The van der Waals surface area contributed by atoms with Crippen molar-refractivity contribution in [3.05, 3.63) is 28.3 Å². The molecule has 0 aliphatic rings. The topological polar surface area (TPSA) is 26.3 Å². The summed E-state index contributed by atoms with van der Waals surface area (Å²) in [5, 5.41) is -0.310. The summed E-state index contributed by atoms with van der Waals surface area (Å²) >= 11 is 5.58. The maximum atomic E-state index is 13.5. The first-order chi connectivity index (χ1) is 6.97. The van der Waals surface area contributed by atoms with Gasteiger partial charge in [-0.2, -0.15) is 0 Å². The summed E-state index contributed by atoms with van der Waals surface area (Å²) < 4.78 is 31.4. The van der Waals surface area contributed by atoms with E-state index in [1.807, 2.05) is 0 Å². The zero-order valence-corrected chi connectivity index (χ0v) is 8.99. The van der Waals surface area contributed by atoms with E-state index < -0.39 is 11.6 Å². The number of carbonyl (C=O) groups is 1. The fourth-order valence-electron chi connectivity index (χ4n) is 1.17. The van der Waals surface area contributed by atoms with Crippen LogP contribution in [0.1, 0.15) is 12.5 Å². The van der Waals surface area contributed by atoms with Gasteiger partial charge in [-0.05, 0) is 6.92 Å². The van der Waals surface area contributed by atoms with Crippen molar-refractivity contribution >= 4 is 17.4 Å². The van der Waals surface area contributed by atoms with Crippen LogP contribution in [-0.2, 0) is 11.2 Å². The highest BCUT2D eigenvalue weighted by atomic mass is 35.5. The second kappa shape index (κ2) is 4.57. The Morgan fingerprint density at radius 1 is 1.53 bits per heavy atom. The van der Waals surface area contributed by atoms with Crippen LogP contribution in [0, 0.1) is 11.6 Å². The summed E-state index contributed by atoms with van der Waals surface area (Å²) in [5.74, 6) is -2.19. The Morgan fingerprint density at radius 2 is 2.13 bits per heavy atom. The molecule has 0 spiro atoms. The predicted octanol–water partition coefficient (Wildman–Crippen LogP) is 2.76. The van der Waals surface area contributed by atoms with Gasteiger partial charge in [0.1, 0.15) is 22.4 Å². The van der Waals surface area contributed by atoms with Crippen molar-refractivity contribution < 1.29 is 18.3 Å². The molecule has 0 saturated heterocycles. The second-order valence-corrected chi connectivity index (χ2v) is 3.42. The molecule has 0 bridgehead atoms. The number of hydrogen-bond acceptors (Lipinski definition) is 2. The molecule has 82 valence electrons. The van der Waals surface area contributed by atoms with Gasteiger partial charge in [-0.15, -0.1) is 0 Å². The van der Waals surface area contributed by atoms with E-state index in [0.29, 0.717) is 0 Å². The van der Waals surface area contributed by atoms with Gasteiger partial charge in [0.05, 0.1) is 7.11 Å². The van der Waals surface area contributed by atoms with E-state index in [1.54, 1.807) is 0 Å². The Morgan fingerprint density at radius 3 is 2.60 bits per heavy atom. The van der Waals surface area contributed by atoms with Crippen LogP contribution in [-0.4, -0.2) is 12.9 Å². The molecular weight excluding hydrogens is 226 g/mol. The Balaban J connectivity index is 3.29. The van der Waals surface area contributed by atoms with Crippen LogP contribution in [0.2, 0.25) is 5.02 Å². The molecule has 0 atom stereocenters. The lowest BCUT2D eigenvalue weighted by atomic mass is 10.1. The van der Waals surface area contributed by atoms with E-state index in [2.05, 4.69) is 4.74 Å². The maximum absolute atomic E-state index is 13.5. The van der Waals surface area contributed by atoms with Crippen molar-refractivity contribution in [2.75, 3.05) is 7.11 Å². The molecule has 1 rings (SSSR count). The number of carbonyl (C=O) groups excluding carboxylic acids is 1. The first kappa shape index (κ1) is 11.9. The molecule has 0 aromatic heterocycles. The number of hydrogen-bond donors (Lipinski definition) is 0. The molecule has 0 aliphatic carbocycles. The minimum absolute atomic E-state index is 0.0843. The Kier molecular flexibility index (Phi) is 3.63. The van der Waals surface area contributed by atoms with Crippen LogP contribution in [0.25, 0.3) is 0 Å². The maximum Gasteiger partial charge on any atom is 0.152 e. The van der Waals surface area contributed by atoms with Crippen LogP contribution in [0.5, 0.6) is 5.75 Å². The summed E-state index contributed by atoms with van der Waals surface area (Å²) in [6.07, 6.45) is -0.318. The van der Waals surface area contributed by atoms with Gasteiger partial charge in [-0.3, -0.25) is 4.79 Å². The summed E-state index contributed by atoms with van der Waals surface area (Å²) in [7, 11) is 1.25. The largest absolute Gasteiger partial charge is 0.495 e. The Labute approximate surface area is 90.8 Å². The highest BCUT2D eigenvalue weighted by Crippen LogP contribution is 2.31. The molecule has 0 amide bonds. The molecule has 0 saturated carbocycles. The molecule has 15 heavy (non-hydrogen) atoms. The fraction of sp³-hybridized carbons (Fsp3) is 0.300. The van der Waals surface area contributed by atoms with E-state index >= 15 is 0 Å². The van der Waals surface area contributed by atoms with Gasteiger partial charge in [0.25, 0.3) is 0 Å². The Hall–Kier alpha value is -1.16. The highest BCUT2D eigenvalue weighted by Gasteiger charge is 2.18. The lowest BCUT2D eigenvalue weighted by Gasteiger charge is -2.08. The number of ketones is 1. The number of benzene rings is 1. The standard InChI is InChI=1S/C10H9ClF2O2/c1-5(14)3-6-7(12)4-8(15-2)9(11)10(6)13/h4H,3H2,1-2H3. The van der Waals surface area contributed by atoms with Crippen molar-refractivity contribution in [1.29, 1.82) is 0 Å². The SMILES string of the molecule is COc1cc(F)c(CC(C)=O)c(F)c1Cl. The van der Waals surface area contributed by atoms with Gasteiger partial charge in [-0.1, -0.05) is 11.6 Å². The van der Waals surface area contributed by atoms with E-state index in [4.69, 9.17) is 11.6 Å². The monoisotopic (exact) mass is 234 g/mol. The molecule has 0 unspecified atom stereocenters. The highest BCUT2D eigenvalue weighted by molar-refractivity contribution is 6.32. The van der Waals surface area contributed by atoms with Crippen molar-refractivity contribution in [3.63, 3.8) is 0 Å². The van der Waals surface area contributed by atoms with Gasteiger partial charge in [0.2, 0.25) is 0 Å². The average molecular weight is 235 g/mol. The lowest BCUT2D eigenvalue weighted by Crippen LogP contribution is -2.04. The Bertz CT molecular complexity index is 405. The third kappa shape index (κ3) is 2.45. The normalized spacial score (nSPS) is 10.2. The molecule has 0 aliphatic heterocycles. The van der Waals surface area contributed by atoms with Crippen molar-refractivity contribution in [1.82, 2.24) is 0 Å². The predicted molar refractivity (Wildman–Crippen MR) is 52.3 cm³/mol. The molecule has 0 heterocycles. The fourth-order valence-corrected chi connectivity index (χ4v) is 1.42. The van der Waals surface area contributed by atoms with Crippen LogP contribution in [0.15, 0.2) is 6.07 Å². The first-order valence-electron chi connectivity index (χ1n) is 4.17. The second-order valence-electron chi connectivity index (χ2n) is 3.05. The smallest absolute Gasteiger partial charge is 0.152 e. The van der Waals surface area contributed by atoms with Crippen molar-refractivity contribution in [2.45, 2.75) is 13.3 Å². The number of ether oxygens (including phenoxy) is 1. The molecule has 5 heteroatoms. The third-order valence-corrected chi connectivity index (χ3v) is 2.22.